The van der Waals surface area contributed by atoms with Gasteiger partial charge in [0.15, 0.2) is 0 Å². The maximum absolute atomic E-state index is 7.60. The van der Waals surface area contributed by atoms with Crippen LogP contribution in [0.5, 0.6) is 5.75 Å². The van der Waals surface area contributed by atoms with Gasteiger partial charge in [-0.25, -0.2) is 0 Å². The average Bonchev–Trinajstić information content (AvgIpc) is 2.50. The van der Waals surface area contributed by atoms with Gasteiger partial charge in [0, 0.05) is 23.7 Å². The third-order valence-corrected chi connectivity index (χ3v) is 3.98. The first kappa shape index (κ1) is 17.5. The van der Waals surface area contributed by atoms with Gasteiger partial charge in [-0.15, -0.1) is 0 Å². The molecule has 1 rings (SSSR count). The quantitative estimate of drug-likeness (QED) is 0.541. The Morgan fingerprint density at radius 2 is 2.10 bits per heavy atom. The fraction of sp³-hybridized carbons (Fsp3) is 0.588. The molecule has 21 heavy (non-hydrogen) atoms. The molecule has 1 unspecified atom stereocenters. The van der Waals surface area contributed by atoms with E-state index in [0.29, 0.717) is 6.04 Å². The topological polar surface area (TPSA) is 62.3 Å². The van der Waals surface area contributed by atoms with Crippen molar-refractivity contribution in [2.24, 2.45) is 5.73 Å². The van der Waals surface area contributed by atoms with Crippen LogP contribution in [-0.4, -0.2) is 30.4 Å². The van der Waals surface area contributed by atoms with Gasteiger partial charge in [-0.2, -0.15) is 0 Å². The molecule has 0 saturated heterocycles. The largest absolute Gasteiger partial charge is 0.496 e. The van der Waals surface area contributed by atoms with Crippen molar-refractivity contribution < 1.29 is 4.74 Å². The van der Waals surface area contributed by atoms with Gasteiger partial charge in [-0.1, -0.05) is 20.3 Å². The van der Waals surface area contributed by atoms with E-state index < -0.39 is 0 Å². The fourth-order valence-electron chi connectivity index (χ4n) is 2.36. The number of hydrogen-bond acceptors (Lipinski definition) is 3. The number of unbranched alkanes of at least 4 members (excludes halogenated alkanes) is 1. The molecule has 118 valence electrons. The second kappa shape index (κ2) is 8.67. The van der Waals surface area contributed by atoms with Crippen LogP contribution in [0.4, 0.5) is 0 Å². The molecule has 0 bridgehead atoms. The molecule has 4 nitrogen and oxygen atoms in total. The van der Waals surface area contributed by atoms with E-state index in [4.69, 9.17) is 15.9 Å². The second-order valence-electron chi connectivity index (χ2n) is 5.52. The maximum Gasteiger partial charge on any atom is 0.123 e. The highest BCUT2D eigenvalue weighted by Crippen LogP contribution is 2.23. The van der Waals surface area contributed by atoms with Gasteiger partial charge in [0.1, 0.15) is 11.6 Å². The predicted molar refractivity (Wildman–Crippen MR) is 89.1 cm³/mol. The van der Waals surface area contributed by atoms with Crippen molar-refractivity contribution in [2.45, 2.75) is 52.6 Å². The van der Waals surface area contributed by atoms with Gasteiger partial charge < -0.3 is 10.5 Å². The molecule has 0 aliphatic rings. The van der Waals surface area contributed by atoms with Crippen LogP contribution in [0.15, 0.2) is 18.2 Å². The molecule has 0 heterocycles. The third kappa shape index (κ3) is 5.05. The first-order valence-electron chi connectivity index (χ1n) is 7.78. The molecule has 1 aromatic carbocycles. The van der Waals surface area contributed by atoms with Crippen LogP contribution < -0.4 is 10.5 Å². The van der Waals surface area contributed by atoms with Crippen molar-refractivity contribution in [3.8, 4) is 5.75 Å². The van der Waals surface area contributed by atoms with Gasteiger partial charge in [0.25, 0.3) is 0 Å². The van der Waals surface area contributed by atoms with Crippen molar-refractivity contribution >= 4 is 5.84 Å². The molecule has 1 aromatic rings. The Kier molecular flexibility index (Phi) is 7.23. The molecule has 0 saturated carbocycles. The number of nitrogens with zero attached hydrogens (tertiary/aromatic N) is 1. The van der Waals surface area contributed by atoms with E-state index in [1.807, 2.05) is 18.2 Å². The minimum atomic E-state index is 0.0996. The summed E-state index contributed by atoms with van der Waals surface area (Å²) in [6.45, 7) is 8.60. The number of benzene rings is 1. The van der Waals surface area contributed by atoms with Crippen LogP contribution in [0.3, 0.4) is 0 Å². The van der Waals surface area contributed by atoms with E-state index in [2.05, 4.69) is 25.7 Å². The minimum absolute atomic E-state index is 0.0996. The summed E-state index contributed by atoms with van der Waals surface area (Å²) in [5, 5.41) is 7.60. The van der Waals surface area contributed by atoms with Gasteiger partial charge >= 0.3 is 0 Å². The predicted octanol–water partition coefficient (Wildman–Crippen LogP) is 3.38. The molecule has 4 heteroatoms. The normalized spacial score (nSPS) is 12.4. The Morgan fingerprint density at radius 3 is 2.62 bits per heavy atom. The summed E-state index contributed by atoms with van der Waals surface area (Å²) >= 11 is 0. The number of rotatable bonds is 9. The van der Waals surface area contributed by atoms with Gasteiger partial charge in [-0.05, 0) is 44.5 Å². The zero-order valence-corrected chi connectivity index (χ0v) is 13.8. The lowest BCUT2D eigenvalue weighted by Crippen LogP contribution is -2.33. The summed E-state index contributed by atoms with van der Waals surface area (Å²) in [5.74, 6) is 0.965. The number of methoxy groups -OCH3 is 1. The summed E-state index contributed by atoms with van der Waals surface area (Å²) in [5.41, 5.74) is 7.45. The van der Waals surface area contributed by atoms with Crippen molar-refractivity contribution in [3.63, 3.8) is 0 Å². The Bertz CT molecular complexity index is 459. The van der Waals surface area contributed by atoms with E-state index in [-0.39, 0.29) is 5.84 Å². The summed E-state index contributed by atoms with van der Waals surface area (Å²) in [6, 6.07) is 6.25. The summed E-state index contributed by atoms with van der Waals surface area (Å²) in [6.07, 6.45) is 3.51. The smallest absolute Gasteiger partial charge is 0.123 e. The Labute approximate surface area is 128 Å². The summed E-state index contributed by atoms with van der Waals surface area (Å²) < 4.78 is 5.46. The van der Waals surface area contributed by atoms with Crippen LogP contribution in [-0.2, 0) is 6.54 Å². The molecule has 0 amide bonds. The van der Waals surface area contributed by atoms with Gasteiger partial charge in [-0.3, -0.25) is 10.3 Å². The SMILES string of the molecule is CCCCN(Cc1cc(C(=N)N)ccc1OC)C(C)CC. The highest BCUT2D eigenvalue weighted by atomic mass is 16.5. The van der Waals surface area contributed by atoms with Gasteiger partial charge in [0.2, 0.25) is 0 Å². The molecule has 0 aromatic heterocycles. The molecule has 0 aliphatic carbocycles. The van der Waals surface area contributed by atoms with Crippen LogP contribution >= 0.6 is 0 Å². The average molecular weight is 291 g/mol. The van der Waals surface area contributed by atoms with Crippen LogP contribution in [0.1, 0.15) is 51.2 Å². The standard InChI is InChI=1S/C17H29N3O/c1-5-7-10-20(13(3)6-2)12-15-11-14(17(18)19)8-9-16(15)21-4/h8-9,11,13H,5-7,10,12H2,1-4H3,(H3,18,19). The Balaban J connectivity index is 2.99. The molecule has 1 atom stereocenters. The van der Waals surface area contributed by atoms with Crippen molar-refractivity contribution in [1.29, 1.82) is 5.41 Å². The summed E-state index contributed by atoms with van der Waals surface area (Å²) in [4.78, 5) is 2.48. The Hall–Kier alpha value is -1.55. The number of nitrogen functional groups attached to an aromatic ring is 1. The minimum Gasteiger partial charge on any atom is -0.496 e. The second-order valence-corrected chi connectivity index (χ2v) is 5.52. The molecular formula is C17H29N3O. The van der Waals surface area contributed by atoms with Crippen molar-refractivity contribution in [3.05, 3.63) is 29.3 Å². The van der Waals surface area contributed by atoms with Crippen molar-refractivity contribution in [2.75, 3.05) is 13.7 Å². The van der Waals surface area contributed by atoms with E-state index in [1.54, 1.807) is 7.11 Å². The maximum atomic E-state index is 7.60. The number of nitrogens with one attached hydrogen (secondary N) is 1. The molecule has 0 aliphatic heterocycles. The highest BCUT2D eigenvalue weighted by molar-refractivity contribution is 5.95. The molecule has 0 radical (unpaired) electrons. The lowest BCUT2D eigenvalue weighted by atomic mass is 10.1. The summed E-state index contributed by atoms with van der Waals surface area (Å²) in [7, 11) is 1.69. The number of hydrogen-bond donors (Lipinski definition) is 2. The lowest BCUT2D eigenvalue weighted by molar-refractivity contribution is 0.190. The fourth-order valence-corrected chi connectivity index (χ4v) is 2.36. The third-order valence-electron chi connectivity index (χ3n) is 3.98. The van der Waals surface area contributed by atoms with E-state index in [1.165, 1.54) is 12.8 Å². The van der Waals surface area contributed by atoms with Crippen molar-refractivity contribution in [1.82, 2.24) is 4.90 Å². The zero-order chi connectivity index (χ0) is 15.8. The molecule has 3 N–H and O–H groups in total. The van der Waals surface area contributed by atoms with E-state index in [0.717, 1.165) is 36.4 Å². The highest BCUT2D eigenvalue weighted by Gasteiger charge is 2.15. The first-order chi connectivity index (χ1) is 10.0. The zero-order valence-electron chi connectivity index (χ0n) is 13.8. The van der Waals surface area contributed by atoms with Crippen LogP contribution in [0, 0.1) is 5.41 Å². The lowest BCUT2D eigenvalue weighted by Gasteiger charge is -2.29. The van der Waals surface area contributed by atoms with Gasteiger partial charge in [0.05, 0.1) is 7.11 Å². The first-order valence-corrected chi connectivity index (χ1v) is 7.78. The van der Waals surface area contributed by atoms with E-state index >= 15 is 0 Å². The number of amidine groups is 1. The molecular weight excluding hydrogens is 262 g/mol. The van der Waals surface area contributed by atoms with Crippen LogP contribution in [0.2, 0.25) is 0 Å². The number of nitrogens with two attached hydrogens (primary N) is 1. The monoisotopic (exact) mass is 291 g/mol. The van der Waals surface area contributed by atoms with E-state index in [9.17, 15) is 0 Å². The number of ether oxygens (including phenoxy) is 1. The molecule has 0 fully saturated rings. The van der Waals surface area contributed by atoms with Crippen LogP contribution in [0.25, 0.3) is 0 Å². The Morgan fingerprint density at radius 1 is 1.38 bits per heavy atom. The molecule has 0 spiro atoms.